The van der Waals surface area contributed by atoms with Gasteiger partial charge in [0.2, 0.25) is 15.9 Å². The lowest BCUT2D eigenvalue weighted by Crippen LogP contribution is -2.32. The van der Waals surface area contributed by atoms with Gasteiger partial charge in [0.25, 0.3) is 0 Å². The van der Waals surface area contributed by atoms with Gasteiger partial charge in [0.1, 0.15) is 0 Å². The van der Waals surface area contributed by atoms with Crippen molar-refractivity contribution in [1.82, 2.24) is 4.31 Å². The number of amides is 1. The number of carbonyl (C=O) groups is 1. The van der Waals surface area contributed by atoms with Crippen LogP contribution in [0.3, 0.4) is 0 Å². The Morgan fingerprint density at radius 3 is 2.38 bits per heavy atom. The predicted octanol–water partition coefficient (Wildman–Crippen LogP) is 3.15. The van der Waals surface area contributed by atoms with Gasteiger partial charge in [-0.1, -0.05) is 25.8 Å². The zero-order chi connectivity index (χ0) is 17.3. The molecule has 1 saturated heterocycles. The van der Waals surface area contributed by atoms with Gasteiger partial charge in [-0.3, -0.25) is 4.79 Å². The molecule has 2 unspecified atom stereocenters. The second-order valence-electron chi connectivity index (χ2n) is 7.11. The van der Waals surface area contributed by atoms with Crippen molar-refractivity contribution in [3.8, 4) is 0 Å². The zero-order valence-electron chi connectivity index (χ0n) is 14.4. The molecule has 24 heavy (non-hydrogen) atoms. The van der Waals surface area contributed by atoms with Crippen molar-refractivity contribution >= 4 is 21.6 Å². The third kappa shape index (κ3) is 3.64. The van der Waals surface area contributed by atoms with Crippen LogP contribution in [0.25, 0.3) is 0 Å². The molecule has 2 aliphatic rings. The monoisotopic (exact) mass is 350 g/mol. The fourth-order valence-electron chi connectivity index (χ4n) is 3.30. The van der Waals surface area contributed by atoms with Gasteiger partial charge in [-0.15, -0.1) is 0 Å². The lowest BCUT2D eigenvalue weighted by molar-refractivity contribution is -0.117. The topological polar surface area (TPSA) is 66.5 Å². The van der Waals surface area contributed by atoms with Crippen LogP contribution in [0.15, 0.2) is 23.1 Å². The van der Waals surface area contributed by atoms with Crippen LogP contribution >= 0.6 is 0 Å². The highest BCUT2D eigenvalue weighted by molar-refractivity contribution is 7.89. The SMILES string of the molecule is Cc1ccc(NC(=O)C2CC2C)cc1S(=O)(=O)N1CCCCCC1. The van der Waals surface area contributed by atoms with Gasteiger partial charge in [-0.25, -0.2) is 8.42 Å². The average molecular weight is 350 g/mol. The Hall–Kier alpha value is -1.40. The molecule has 1 saturated carbocycles. The van der Waals surface area contributed by atoms with Crippen molar-refractivity contribution < 1.29 is 13.2 Å². The number of hydrogen-bond donors (Lipinski definition) is 1. The first-order valence-electron chi connectivity index (χ1n) is 8.81. The number of sulfonamides is 1. The second-order valence-corrected chi connectivity index (χ2v) is 9.01. The molecule has 0 bridgehead atoms. The maximum atomic E-state index is 13.0. The molecule has 2 fully saturated rings. The lowest BCUT2D eigenvalue weighted by atomic mass is 10.2. The summed E-state index contributed by atoms with van der Waals surface area (Å²) in [6.07, 6.45) is 4.90. The van der Waals surface area contributed by atoms with E-state index in [-0.39, 0.29) is 11.8 Å². The van der Waals surface area contributed by atoms with E-state index >= 15 is 0 Å². The standard InChI is InChI=1S/C18H26N2O3S/c1-13-7-8-15(19-18(21)16-11-14(16)2)12-17(13)24(22,23)20-9-5-3-4-6-10-20/h7-8,12,14,16H,3-6,9-11H2,1-2H3,(H,19,21). The summed E-state index contributed by atoms with van der Waals surface area (Å²) in [5.41, 5.74) is 1.29. The summed E-state index contributed by atoms with van der Waals surface area (Å²) in [4.78, 5) is 12.4. The van der Waals surface area contributed by atoms with Crippen LogP contribution in [-0.2, 0) is 14.8 Å². The fraction of sp³-hybridized carbons (Fsp3) is 0.611. The Morgan fingerprint density at radius 2 is 1.79 bits per heavy atom. The number of benzene rings is 1. The smallest absolute Gasteiger partial charge is 0.243 e. The quantitative estimate of drug-likeness (QED) is 0.907. The largest absolute Gasteiger partial charge is 0.326 e. The molecule has 1 N–H and O–H groups in total. The number of hydrogen-bond acceptors (Lipinski definition) is 3. The minimum Gasteiger partial charge on any atom is -0.326 e. The maximum absolute atomic E-state index is 13.0. The highest BCUT2D eigenvalue weighted by atomic mass is 32.2. The molecule has 132 valence electrons. The van der Waals surface area contributed by atoms with Gasteiger partial charge < -0.3 is 5.32 Å². The molecule has 1 aromatic carbocycles. The van der Waals surface area contributed by atoms with Crippen molar-refractivity contribution in [3.63, 3.8) is 0 Å². The van der Waals surface area contributed by atoms with Crippen LogP contribution in [0.5, 0.6) is 0 Å². The van der Waals surface area contributed by atoms with Crippen LogP contribution in [0.1, 0.15) is 44.6 Å². The molecule has 0 aromatic heterocycles. The molecular weight excluding hydrogens is 324 g/mol. The van der Waals surface area contributed by atoms with Crippen LogP contribution in [0.4, 0.5) is 5.69 Å². The first-order chi connectivity index (χ1) is 11.4. The Labute approximate surface area is 144 Å². The first kappa shape index (κ1) is 17.4. The predicted molar refractivity (Wildman–Crippen MR) is 94.3 cm³/mol. The summed E-state index contributed by atoms with van der Waals surface area (Å²) < 4.78 is 27.6. The van der Waals surface area contributed by atoms with E-state index in [2.05, 4.69) is 12.2 Å². The molecule has 3 rings (SSSR count). The molecule has 1 amide bonds. The molecule has 1 aromatic rings. The van der Waals surface area contributed by atoms with Crippen molar-refractivity contribution in [3.05, 3.63) is 23.8 Å². The summed E-state index contributed by atoms with van der Waals surface area (Å²) in [6.45, 7) is 5.02. The Balaban J connectivity index is 1.83. The zero-order valence-corrected chi connectivity index (χ0v) is 15.2. The summed E-state index contributed by atoms with van der Waals surface area (Å²) >= 11 is 0. The van der Waals surface area contributed by atoms with E-state index in [9.17, 15) is 13.2 Å². The van der Waals surface area contributed by atoms with E-state index in [0.29, 0.717) is 29.6 Å². The van der Waals surface area contributed by atoms with E-state index < -0.39 is 10.0 Å². The Morgan fingerprint density at radius 1 is 1.17 bits per heavy atom. The third-order valence-electron chi connectivity index (χ3n) is 5.08. The van der Waals surface area contributed by atoms with Crippen molar-refractivity contribution in [2.45, 2.75) is 50.8 Å². The molecule has 2 atom stereocenters. The number of carbonyl (C=O) groups excluding carboxylic acids is 1. The molecule has 1 aliphatic carbocycles. The number of nitrogens with one attached hydrogen (secondary N) is 1. The van der Waals surface area contributed by atoms with E-state index in [0.717, 1.165) is 37.7 Å². The van der Waals surface area contributed by atoms with Crippen LogP contribution in [-0.4, -0.2) is 31.7 Å². The molecule has 0 spiro atoms. The number of rotatable bonds is 4. The van der Waals surface area contributed by atoms with Gasteiger partial charge in [0.15, 0.2) is 0 Å². The second kappa shape index (κ2) is 6.84. The minimum absolute atomic E-state index is 0.00975. The highest BCUT2D eigenvalue weighted by Crippen LogP contribution is 2.38. The molecule has 5 nitrogen and oxygen atoms in total. The fourth-order valence-corrected chi connectivity index (χ4v) is 5.07. The van der Waals surface area contributed by atoms with E-state index in [1.807, 2.05) is 0 Å². The molecule has 1 aliphatic heterocycles. The van der Waals surface area contributed by atoms with E-state index in [1.165, 1.54) is 0 Å². The Kier molecular flexibility index (Phi) is 4.97. The number of aryl methyl sites for hydroxylation is 1. The summed E-state index contributed by atoms with van der Waals surface area (Å²) in [5, 5.41) is 2.87. The average Bonchev–Trinajstić information content (AvgIpc) is 3.31. The summed E-state index contributed by atoms with van der Waals surface area (Å²) in [6, 6.07) is 5.17. The molecule has 6 heteroatoms. The first-order valence-corrected chi connectivity index (χ1v) is 10.3. The minimum atomic E-state index is -3.51. The lowest BCUT2D eigenvalue weighted by Gasteiger charge is -2.21. The molecule has 1 heterocycles. The third-order valence-corrected chi connectivity index (χ3v) is 7.13. The highest BCUT2D eigenvalue weighted by Gasteiger charge is 2.39. The number of nitrogens with zero attached hydrogens (tertiary/aromatic N) is 1. The summed E-state index contributed by atoms with van der Waals surface area (Å²) in [7, 11) is -3.51. The van der Waals surface area contributed by atoms with Crippen LogP contribution in [0.2, 0.25) is 0 Å². The van der Waals surface area contributed by atoms with Crippen molar-refractivity contribution in [2.24, 2.45) is 11.8 Å². The van der Waals surface area contributed by atoms with Gasteiger partial charge in [-0.05, 0) is 49.8 Å². The van der Waals surface area contributed by atoms with Crippen molar-refractivity contribution in [2.75, 3.05) is 18.4 Å². The normalized spacial score (nSPS) is 25.1. The Bertz CT molecular complexity index is 722. The van der Waals surface area contributed by atoms with Gasteiger partial charge in [-0.2, -0.15) is 4.31 Å². The van der Waals surface area contributed by atoms with Crippen molar-refractivity contribution in [1.29, 1.82) is 0 Å². The maximum Gasteiger partial charge on any atom is 0.243 e. The number of anilines is 1. The van der Waals surface area contributed by atoms with Gasteiger partial charge >= 0.3 is 0 Å². The van der Waals surface area contributed by atoms with E-state index in [4.69, 9.17) is 0 Å². The van der Waals surface area contributed by atoms with Crippen LogP contribution < -0.4 is 5.32 Å². The molecular formula is C18H26N2O3S. The van der Waals surface area contributed by atoms with Gasteiger partial charge in [0, 0.05) is 24.7 Å². The van der Waals surface area contributed by atoms with Gasteiger partial charge in [0.05, 0.1) is 4.90 Å². The van der Waals surface area contributed by atoms with Crippen LogP contribution in [0, 0.1) is 18.8 Å². The van der Waals surface area contributed by atoms with E-state index in [1.54, 1.807) is 29.4 Å². The summed E-state index contributed by atoms with van der Waals surface area (Å²) in [5.74, 6) is 0.484. The molecule has 0 radical (unpaired) electrons.